The Morgan fingerprint density at radius 1 is 1.07 bits per heavy atom. The van der Waals surface area contributed by atoms with Crippen molar-refractivity contribution in [3.63, 3.8) is 0 Å². The highest BCUT2D eigenvalue weighted by Crippen LogP contribution is 2.26. The second-order valence-corrected chi connectivity index (χ2v) is 4.81. The Labute approximate surface area is 85.7 Å². The summed E-state index contributed by atoms with van der Waals surface area (Å²) in [6.45, 7) is 2.80. The van der Waals surface area contributed by atoms with Gasteiger partial charge in [-0.05, 0) is 25.2 Å². The number of likely N-dealkylation sites (tertiary alicyclic amines) is 1. The molecule has 2 rings (SSSR count). The molecule has 1 saturated carbocycles. The predicted molar refractivity (Wildman–Crippen MR) is 55.0 cm³/mol. The molecule has 2 N–H and O–H groups in total. The van der Waals surface area contributed by atoms with Crippen molar-refractivity contribution in [3.8, 4) is 0 Å². The monoisotopic (exact) mass is 199 g/mol. The lowest BCUT2D eigenvalue weighted by Gasteiger charge is -2.30. The molecule has 3 unspecified atom stereocenters. The average molecular weight is 199 g/mol. The van der Waals surface area contributed by atoms with Crippen LogP contribution >= 0.6 is 0 Å². The third-order valence-electron chi connectivity index (χ3n) is 3.61. The topological polar surface area (TPSA) is 43.7 Å². The molecule has 0 aromatic rings. The van der Waals surface area contributed by atoms with Gasteiger partial charge >= 0.3 is 0 Å². The van der Waals surface area contributed by atoms with Crippen molar-refractivity contribution in [2.75, 3.05) is 19.6 Å². The van der Waals surface area contributed by atoms with Crippen molar-refractivity contribution in [2.45, 2.75) is 44.3 Å². The highest BCUT2D eigenvalue weighted by atomic mass is 16.3. The summed E-state index contributed by atoms with van der Waals surface area (Å²) in [5.41, 5.74) is 0. The zero-order valence-electron chi connectivity index (χ0n) is 8.73. The molecule has 0 radical (unpaired) electrons. The fraction of sp³-hybridized carbons (Fsp3) is 1.00. The minimum atomic E-state index is -0.129. The number of aliphatic hydroxyl groups is 2. The Morgan fingerprint density at radius 2 is 1.86 bits per heavy atom. The first-order valence-electron chi connectivity index (χ1n) is 5.84. The first kappa shape index (κ1) is 10.4. The van der Waals surface area contributed by atoms with Crippen molar-refractivity contribution in [1.82, 2.24) is 4.90 Å². The maximum atomic E-state index is 9.81. The quantitative estimate of drug-likeness (QED) is 0.684. The minimum absolute atomic E-state index is 0.0958. The summed E-state index contributed by atoms with van der Waals surface area (Å²) in [6, 6.07) is 0. The Balaban J connectivity index is 1.78. The maximum Gasteiger partial charge on any atom is 0.0679 e. The van der Waals surface area contributed by atoms with Crippen LogP contribution in [0.3, 0.4) is 0 Å². The van der Waals surface area contributed by atoms with Gasteiger partial charge < -0.3 is 15.1 Å². The molecule has 2 fully saturated rings. The number of aliphatic hydroxyl groups excluding tert-OH is 2. The highest BCUT2D eigenvalue weighted by Gasteiger charge is 2.28. The summed E-state index contributed by atoms with van der Waals surface area (Å²) in [5, 5.41) is 19.2. The number of nitrogens with zero attached hydrogens (tertiary/aromatic N) is 1. The lowest BCUT2D eigenvalue weighted by Crippen LogP contribution is -2.36. The Hall–Kier alpha value is -0.120. The van der Waals surface area contributed by atoms with Crippen LogP contribution in [0.4, 0.5) is 0 Å². The van der Waals surface area contributed by atoms with Crippen molar-refractivity contribution >= 4 is 0 Å². The van der Waals surface area contributed by atoms with Crippen LogP contribution in [0.5, 0.6) is 0 Å². The first-order chi connectivity index (χ1) is 6.75. The van der Waals surface area contributed by atoms with Gasteiger partial charge in [-0.2, -0.15) is 0 Å². The molecule has 1 heterocycles. The molecule has 0 aromatic carbocycles. The molecule has 3 nitrogen and oxygen atoms in total. The number of rotatable bonds is 2. The molecule has 1 saturated heterocycles. The summed E-state index contributed by atoms with van der Waals surface area (Å²) < 4.78 is 0. The van der Waals surface area contributed by atoms with Gasteiger partial charge in [0.1, 0.15) is 0 Å². The third-order valence-corrected chi connectivity index (χ3v) is 3.61. The van der Waals surface area contributed by atoms with E-state index < -0.39 is 0 Å². The summed E-state index contributed by atoms with van der Waals surface area (Å²) in [6.07, 6.45) is 5.26. The van der Waals surface area contributed by atoms with Gasteiger partial charge in [0.25, 0.3) is 0 Å². The van der Waals surface area contributed by atoms with Gasteiger partial charge in [0.05, 0.1) is 12.2 Å². The van der Waals surface area contributed by atoms with Crippen molar-refractivity contribution < 1.29 is 10.2 Å². The van der Waals surface area contributed by atoms with Gasteiger partial charge in [-0.25, -0.2) is 0 Å². The number of β-amino-alcohol motifs (C(OH)–C–C–N with tert-alkyl or cyclic N) is 1. The van der Waals surface area contributed by atoms with E-state index in [9.17, 15) is 10.2 Å². The first-order valence-corrected chi connectivity index (χ1v) is 5.84. The van der Waals surface area contributed by atoms with Crippen LogP contribution in [0.15, 0.2) is 0 Å². The van der Waals surface area contributed by atoms with Crippen LogP contribution in [-0.2, 0) is 0 Å². The Morgan fingerprint density at radius 3 is 2.50 bits per heavy atom. The largest absolute Gasteiger partial charge is 0.393 e. The fourth-order valence-electron chi connectivity index (χ4n) is 2.71. The van der Waals surface area contributed by atoms with Gasteiger partial charge in [0, 0.05) is 19.6 Å². The Kier molecular flexibility index (Phi) is 3.42. The van der Waals surface area contributed by atoms with E-state index in [1.54, 1.807) is 0 Å². The van der Waals surface area contributed by atoms with Crippen LogP contribution in [-0.4, -0.2) is 47.0 Å². The normalized spacial score (nSPS) is 40.3. The van der Waals surface area contributed by atoms with E-state index >= 15 is 0 Å². The molecule has 3 atom stereocenters. The second kappa shape index (κ2) is 4.60. The van der Waals surface area contributed by atoms with E-state index in [1.807, 2.05) is 0 Å². The van der Waals surface area contributed by atoms with E-state index in [0.717, 1.165) is 38.9 Å². The smallest absolute Gasteiger partial charge is 0.0679 e. The predicted octanol–water partition coefficient (Wildman–Crippen LogP) is 0.604. The molecule has 14 heavy (non-hydrogen) atoms. The van der Waals surface area contributed by atoms with E-state index in [0.29, 0.717) is 5.92 Å². The molecule has 3 heteroatoms. The van der Waals surface area contributed by atoms with Gasteiger partial charge in [0.2, 0.25) is 0 Å². The standard InChI is InChI=1S/C11H21NO2/c13-10-5-6-12(8-10)7-9-3-1-2-4-11(9)14/h9-11,13-14H,1-8H2. The number of hydrogen-bond acceptors (Lipinski definition) is 3. The molecule has 0 amide bonds. The van der Waals surface area contributed by atoms with Gasteiger partial charge in [0.15, 0.2) is 0 Å². The van der Waals surface area contributed by atoms with Crippen LogP contribution in [0.25, 0.3) is 0 Å². The molecular formula is C11H21NO2. The molecule has 0 spiro atoms. The zero-order valence-corrected chi connectivity index (χ0v) is 8.73. The van der Waals surface area contributed by atoms with Crippen molar-refractivity contribution in [3.05, 3.63) is 0 Å². The summed E-state index contributed by atoms with van der Waals surface area (Å²) in [5.74, 6) is 0.453. The van der Waals surface area contributed by atoms with Gasteiger partial charge in [-0.3, -0.25) is 0 Å². The molecular weight excluding hydrogens is 178 g/mol. The zero-order chi connectivity index (χ0) is 9.97. The third kappa shape index (κ3) is 2.47. The van der Waals surface area contributed by atoms with E-state index in [-0.39, 0.29) is 12.2 Å². The summed E-state index contributed by atoms with van der Waals surface area (Å²) in [7, 11) is 0. The van der Waals surface area contributed by atoms with E-state index in [1.165, 1.54) is 12.8 Å². The maximum absolute atomic E-state index is 9.81. The highest BCUT2D eigenvalue weighted by molar-refractivity contribution is 4.81. The van der Waals surface area contributed by atoms with Crippen LogP contribution in [0.1, 0.15) is 32.1 Å². The van der Waals surface area contributed by atoms with Gasteiger partial charge in [-0.1, -0.05) is 12.8 Å². The SMILES string of the molecule is OC1CCN(CC2CCCCC2O)C1. The average Bonchev–Trinajstić information content (AvgIpc) is 2.56. The van der Waals surface area contributed by atoms with Crippen molar-refractivity contribution in [2.24, 2.45) is 5.92 Å². The lowest BCUT2D eigenvalue weighted by atomic mass is 9.86. The second-order valence-electron chi connectivity index (χ2n) is 4.81. The molecule has 1 aliphatic heterocycles. The fourth-order valence-corrected chi connectivity index (χ4v) is 2.71. The molecule has 82 valence electrons. The molecule has 2 aliphatic rings. The molecule has 0 bridgehead atoms. The summed E-state index contributed by atoms with van der Waals surface area (Å²) >= 11 is 0. The van der Waals surface area contributed by atoms with Crippen LogP contribution in [0.2, 0.25) is 0 Å². The molecule has 1 aliphatic carbocycles. The van der Waals surface area contributed by atoms with Gasteiger partial charge in [-0.15, -0.1) is 0 Å². The minimum Gasteiger partial charge on any atom is -0.393 e. The molecule has 0 aromatic heterocycles. The number of hydrogen-bond donors (Lipinski definition) is 2. The van der Waals surface area contributed by atoms with Crippen LogP contribution < -0.4 is 0 Å². The summed E-state index contributed by atoms with van der Waals surface area (Å²) in [4.78, 5) is 2.30. The van der Waals surface area contributed by atoms with E-state index in [2.05, 4.69) is 4.90 Å². The van der Waals surface area contributed by atoms with Crippen LogP contribution in [0, 0.1) is 5.92 Å². The van der Waals surface area contributed by atoms with E-state index in [4.69, 9.17) is 0 Å². The van der Waals surface area contributed by atoms with Crippen molar-refractivity contribution in [1.29, 1.82) is 0 Å². The Bertz CT molecular complexity index is 186. The lowest BCUT2D eigenvalue weighted by molar-refractivity contribution is 0.0483.